The Bertz CT molecular complexity index is 229. The van der Waals surface area contributed by atoms with Crippen LogP contribution in [0.5, 0.6) is 0 Å². The van der Waals surface area contributed by atoms with E-state index < -0.39 is 0 Å². The molecule has 0 heterocycles. The molecule has 1 unspecified atom stereocenters. The zero-order chi connectivity index (χ0) is 11.8. The Labute approximate surface area is 99.5 Å². The lowest BCUT2D eigenvalue weighted by Gasteiger charge is -2.18. The number of carbonyl (C=O) groups excluding carboxylic acids is 1. The lowest BCUT2D eigenvalue weighted by atomic mass is 9.90. The molecule has 0 aromatic rings. The second-order valence-corrected chi connectivity index (χ2v) is 4.78. The minimum Gasteiger partial charge on any atom is -0.356 e. The third kappa shape index (κ3) is 4.38. The smallest absolute Gasteiger partial charge is 0.223 e. The fourth-order valence-electron chi connectivity index (χ4n) is 2.58. The molecule has 1 amide bonds. The van der Waals surface area contributed by atoms with Gasteiger partial charge in [-0.15, -0.1) is 0 Å². The first-order chi connectivity index (χ1) is 7.77. The molecule has 0 spiro atoms. The van der Waals surface area contributed by atoms with Gasteiger partial charge in [-0.25, -0.2) is 0 Å². The normalized spacial score (nSPS) is 19.1. The summed E-state index contributed by atoms with van der Waals surface area (Å²) in [7, 11) is 0. The maximum absolute atomic E-state index is 11.9. The fraction of sp³-hybridized carbons (Fsp3) is 0.786. The molecule has 1 N–H and O–H groups in total. The maximum Gasteiger partial charge on any atom is 0.223 e. The first-order valence-electron chi connectivity index (χ1n) is 6.66. The standard InChI is InChI=1S/C14H25NO/c1-3-5-10-13(14(16)15-4-2)11-12-8-6-7-9-12/h3,5,12-13H,4,6-11H2,1-2H3,(H,15,16)/b5-3+. The van der Waals surface area contributed by atoms with Gasteiger partial charge in [-0.2, -0.15) is 0 Å². The topological polar surface area (TPSA) is 29.1 Å². The molecule has 2 nitrogen and oxygen atoms in total. The highest BCUT2D eigenvalue weighted by Crippen LogP contribution is 2.31. The van der Waals surface area contributed by atoms with Crippen molar-refractivity contribution in [2.45, 2.75) is 52.4 Å². The van der Waals surface area contributed by atoms with Gasteiger partial charge in [0.25, 0.3) is 0 Å². The van der Waals surface area contributed by atoms with Gasteiger partial charge in [-0.1, -0.05) is 37.8 Å². The molecule has 16 heavy (non-hydrogen) atoms. The van der Waals surface area contributed by atoms with E-state index in [0.717, 1.165) is 25.3 Å². The summed E-state index contributed by atoms with van der Waals surface area (Å²) in [4.78, 5) is 11.9. The van der Waals surface area contributed by atoms with Gasteiger partial charge in [0.15, 0.2) is 0 Å². The Morgan fingerprint density at radius 1 is 1.44 bits per heavy atom. The summed E-state index contributed by atoms with van der Waals surface area (Å²) in [5.41, 5.74) is 0. The molecule has 0 aromatic heterocycles. The van der Waals surface area contributed by atoms with Crippen LogP contribution in [-0.4, -0.2) is 12.5 Å². The Hall–Kier alpha value is -0.790. The van der Waals surface area contributed by atoms with Crippen molar-refractivity contribution in [1.29, 1.82) is 0 Å². The van der Waals surface area contributed by atoms with E-state index in [2.05, 4.69) is 11.4 Å². The second kappa shape index (κ2) is 7.48. The first-order valence-corrected chi connectivity index (χ1v) is 6.66. The van der Waals surface area contributed by atoms with E-state index in [1.165, 1.54) is 25.7 Å². The molecule has 1 rings (SSSR count). The summed E-state index contributed by atoms with van der Waals surface area (Å²) in [5, 5.41) is 2.96. The van der Waals surface area contributed by atoms with Crippen LogP contribution in [0.2, 0.25) is 0 Å². The average molecular weight is 223 g/mol. The maximum atomic E-state index is 11.9. The van der Waals surface area contributed by atoms with Crippen LogP contribution in [0.15, 0.2) is 12.2 Å². The highest BCUT2D eigenvalue weighted by molar-refractivity contribution is 5.78. The van der Waals surface area contributed by atoms with Crippen LogP contribution in [0.1, 0.15) is 52.4 Å². The zero-order valence-corrected chi connectivity index (χ0v) is 10.7. The van der Waals surface area contributed by atoms with Crippen LogP contribution < -0.4 is 5.32 Å². The van der Waals surface area contributed by atoms with Crippen molar-refractivity contribution in [3.05, 3.63) is 12.2 Å². The number of amides is 1. The van der Waals surface area contributed by atoms with Gasteiger partial charge < -0.3 is 5.32 Å². The van der Waals surface area contributed by atoms with Crippen LogP contribution in [0.3, 0.4) is 0 Å². The summed E-state index contributed by atoms with van der Waals surface area (Å²) in [6.07, 6.45) is 11.5. The van der Waals surface area contributed by atoms with Crippen molar-refractivity contribution in [1.82, 2.24) is 5.32 Å². The summed E-state index contributed by atoms with van der Waals surface area (Å²) < 4.78 is 0. The first kappa shape index (κ1) is 13.3. The van der Waals surface area contributed by atoms with Crippen molar-refractivity contribution in [2.24, 2.45) is 11.8 Å². The monoisotopic (exact) mass is 223 g/mol. The van der Waals surface area contributed by atoms with Crippen molar-refractivity contribution in [3.8, 4) is 0 Å². The van der Waals surface area contributed by atoms with Crippen molar-refractivity contribution < 1.29 is 4.79 Å². The van der Waals surface area contributed by atoms with Crippen molar-refractivity contribution >= 4 is 5.91 Å². The van der Waals surface area contributed by atoms with Crippen LogP contribution >= 0.6 is 0 Å². The van der Waals surface area contributed by atoms with Gasteiger partial charge in [0.05, 0.1) is 0 Å². The minimum atomic E-state index is 0.194. The number of nitrogens with one attached hydrogen (secondary N) is 1. The molecule has 92 valence electrons. The number of rotatable bonds is 6. The van der Waals surface area contributed by atoms with Gasteiger partial charge in [0.2, 0.25) is 5.91 Å². The number of allylic oxidation sites excluding steroid dienone is 2. The predicted octanol–water partition coefficient (Wildman–Crippen LogP) is 3.29. The summed E-state index contributed by atoms with van der Waals surface area (Å²) in [6, 6.07) is 0. The largest absolute Gasteiger partial charge is 0.356 e. The predicted molar refractivity (Wildman–Crippen MR) is 68.2 cm³/mol. The summed E-state index contributed by atoms with van der Waals surface area (Å²) in [6.45, 7) is 4.75. The number of carbonyl (C=O) groups is 1. The fourth-order valence-corrected chi connectivity index (χ4v) is 2.58. The molecule has 0 radical (unpaired) electrons. The Balaban J connectivity index is 2.44. The zero-order valence-electron chi connectivity index (χ0n) is 10.7. The van der Waals surface area contributed by atoms with Crippen LogP contribution in [0.4, 0.5) is 0 Å². The lowest BCUT2D eigenvalue weighted by molar-refractivity contribution is -0.125. The SMILES string of the molecule is C/C=C/CC(CC1CCCC1)C(=O)NCC. The Morgan fingerprint density at radius 3 is 2.69 bits per heavy atom. The van der Waals surface area contributed by atoms with E-state index in [1.54, 1.807) is 0 Å². The second-order valence-electron chi connectivity index (χ2n) is 4.78. The molecule has 1 saturated carbocycles. The van der Waals surface area contributed by atoms with Gasteiger partial charge in [0.1, 0.15) is 0 Å². The molecule has 0 bridgehead atoms. The van der Waals surface area contributed by atoms with E-state index in [1.807, 2.05) is 19.9 Å². The van der Waals surface area contributed by atoms with E-state index in [0.29, 0.717) is 0 Å². The van der Waals surface area contributed by atoms with E-state index >= 15 is 0 Å². The van der Waals surface area contributed by atoms with Gasteiger partial charge in [-0.05, 0) is 32.6 Å². The molecule has 2 heteroatoms. The molecule has 1 aliphatic rings. The molecular weight excluding hydrogens is 198 g/mol. The lowest BCUT2D eigenvalue weighted by Crippen LogP contribution is -2.31. The molecule has 1 aliphatic carbocycles. The summed E-state index contributed by atoms with van der Waals surface area (Å²) in [5.74, 6) is 1.23. The molecule has 0 aliphatic heterocycles. The van der Waals surface area contributed by atoms with Gasteiger partial charge in [-0.3, -0.25) is 4.79 Å². The molecule has 1 fully saturated rings. The molecule has 0 saturated heterocycles. The molecule has 1 atom stereocenters. The summed E-state index contributed by atoms with van der Waals surface area (Å²) >= 11 is 0. The van der Waals surface area contributed by atoms with Crippen LogP contribution in [-0.2, 0) is 4.79 Å². The third-order valence-electron chi connectivity index (χ3n) is 3.47. The van der Waals surface area contributed by atoms with Crippen LogP contribution in [0, 0.1) is 11.8 Å². The highest BCUT2D eigenvalue weighted by atomic mass is 16.1. The van der Waals surface area contributed by atoms with Crippen LogP contribution in [0.25, 0.3) is 0 Å². The van der Waals surface area contributed by atoms with E-state index in [-0.39, 0.29) is 11.8 Å². The Kier molecular flexibility index (Phi) is 6.20. The average Bonchev–Trinajstić information content (AvgIpc) is 2.77. The Morgan fingerprint density at radius 2 is 2.12 bits per heavy atom. The third-order valence-corrected chi connectivity index (χ3v) is 3.47. The number of hydrogen-bond donors (Lipinski definition) is 1. The highest BCUT2D eigenvalue weighted by Gasteiger charge is 2.23. The van der Waals surface area contributed by atoms with Crippen molar-refractivity contribution in [2.75, 3.05) is 6.54 Å². The quantitative estimate of drug-likeness (QED) is 0.688. The number of hydrogen-bond acceptors (Lipinski definition) is 1. The van der Waals surface area contributed by atoms with Gasteiger partial charge >= 0.3 is 0 Å². The van der Waals surface area contributed by atoms with Crippen molar-refractivity contribution in [3.63, 3.8) is 0 Å². The minimum absolute atomic E-state index is 0.194. The van der Waals surface area contributed by atoms with E-state index in [4.69, 9.17) is 0 Å². The molecule has 0 aromatic carbocycles. The van der Waals surface area contributed by atoms with E-state index in [9.17, 15) is 4.79 Å². The van der Waals surface area contributed by atoms with Gasteiger partial charge in [0, 0.05) is 12.5 Å². The molecular formula is C14H25NO.